The SMILES string of the molecule is CCC(F)(F)CCC(F)(F)CC(F)(F)OC(=O)O. The minimum Gasteiger partial charge on any atom is -0.450 e. The zero-order valence-electron chi connectivity index (χ0n) is 9.36. The lowest BCUT2D eigenvalue weighted by Crippen LogP contribution is -2.34. The summed E-state index contributed by atoms with van der Waals surface area (Å²) in [6.45, 7) is 1.07. The number of rotatable bonds is 7. The highest BCUT2D eigenvalue weighted by atomic mass is 19.3. The second-order valence-corrected chi connectivity index (χ2v) is 3.75. The number of ether oxygens (including phenoxy) is 1. The predicted molar refractivity (Wildman–Crippen MR) is 48.1 cm³/mol. The van der Waals surface area contributed by atoms with E-state index in [-0.39, 0.29) is 0 Å². The molecular formula is C9H12F6O3. The lowest BCUT2D eigenvalue weighted by atomic mass is 10.0. The predicted octanol–water partition coefficient (Wildman–Crippen LogP) is 4.12. The Hall–Kier alpha value is -1.15. The molecule has 0 saturated heterocycles. The van der Waals surface area contributed by atoms with Gasteiger partial charge >= 0.3 is 12.3 Å². The molecule has 0 aliphatic rings. The zero-order chi connectivity index (χ0) is 14.6. The second-order valence-electron chi connectivity index (χ2n) is 3.75. The average molecular weight is 282 g/mol. The molecule has 0 spiro atoms. The first-order valence-corrected chi connectivity index (χ1v) is 4.94. The normalized spacial score (nSPS) is 13.5. The number of carboxylic acid groups (broad SMARTS) is 1. The highest BCUT2D eigenvalue weighted by Crippen LogP contribution is 2.37. The van der Waals surface area contributed by atoms with Crippen LogP contribution in [0.3, 0.4) is 0 Å². The molecule has 0 aromatic carbocycles. The van der Waals surface area contributed by atoms with Crippen LogP contribution in [-0.4, -0.2) is 29.2 Å². The average Bonchev–Trinajstić information content (AvgIpc) is 2.11. The molecule has 108 valence electrons. The second kappa shape index (κ2) is 5.66. The molecular weight excluding hydrogens is 270 g/mol. The first-order chi connectivity index (χ1) is 7.89. The summed E-state index contributed by atoms with van der Waals surface area (Å²) in [4.78, 5) is 9.80. The van der Waals surface area contributed by atoms with Crippen LogP contribution in [0.1, 0.15) is 32.6 Å². The molecule has 9 heteroatoms. The minimum absolute atomic E-state index is 0.689. The van der Waals surface area contributed by atoms with E-state index in [0.717, 1.165) is 6.92 Å². The van der Waals surface area contributed by atoms with E-state index in [2.05, 4.69) is 4.74 Å². The van der Waals surface area contributed by atoms with Gasteiger partial charge in [0.25, 0.3) is 5.92 Å². The van der Waals surface area contributed by atoms with Crippen molar-refractivity contribution in [3.63, 3.8) is 0 Å². The van der Waals surface area contributed by atoms with Crippen LogP contribution in [0.4, 0.5) is 31.1 Å². The Bertz CT molecular complexity index is 292. The minimum atomic E-state index is -4.61. The molecule has 0 heterocycles. The zero-order valence-corrected chi connectivity index (χ0v) is 9.36. The van der Waals surface area contributed by atoms with Crippen LogP contribution in [0.5, 0.6) is 0 Å². The molecule has 0 atom stereocenters. The van der Waals surface area contributed by atoms with Gasteiger partial charge in [-0.2, -0.15) is 8.78 Å². The largest absolute Gasteiger partial charge is 0.510 e. The summed E-state index contributed by atoms with van der Waals surface area (Å²) in [7, 11) is 0. The van der Waals surface area contributed by atoms with Gasteiger partial charge in [-0.25, -0.2) is 22.4 Å². The van der Waals surface area contributed by atoms with Crippen molar-refractivity contribution in [2.24, 2.45) is 0 Å². The molecule has 0 radical (unpaired) electrons. The Morgan fingerprint density at radius 3 is 1.89 bits per heavy atom. The standard InChI is InChI=1S/C9H12F6O3/c1-2-7(10,11)3-4-8(12,13)5-9(14,15)18-6(16)17/h2-5H2,1H3,(H,16,17). The summed E-state index contributed by atoms with van der Waals surface area (Å²) >= 11 is 0. The molecule has 0 aromatic heterocycles. The van der Waals surface area contributed by atoms with Gasteiger partial charge in [0.1, 0.15) is 6.42 Å². The quantitative estimate of drug-likeness (QED) is 0.564. The monoisotopic (exact) mass is 282 g/mol. The topological polar surface area (TPSA) is 46.5 Å². The molecule has 0 fully saturated rings. The van der Waals surface area contributed by atoms with Crippen molar-refractivity contribution < 1.29 is 41.0 Å². The molecule has 3 nitrogen and oxygen atoms in total. The van der Waals surface area contributed by atoms with Gasteiger partial charge in [-0.1, -0.05) is 6.92 Å². The first kappa shape index (κ1) is 16.9. The van der Waals surface area contributed by atoms with Gasteiger partial charge in [0.2, 0.25) is 5.92 Å². The van der Waals surface area contributed by atoms with Crippen LogP contribution in [-0.2, 0) is 4.74 Å². The van der Waals surface area contributed by atoms with Crippen LogP contribution < -0.4 is 0 Å². The molecule has 1 N–H and O–H groups in total. The van der Waals surface area contributed by atoms with E-state index in [4.69, 9.17) is 5.11 Å². The molecule has 0 aliphatic heterocycles. The van der Waals surface area contributed by atoms with Crippen molar-refractivity contribution in [2.75, 3.05) is 0 Å². The maximum absolute atomic E-state index is 13.0. The van der Waals surface area contributed by atoms with E-state index in [9.17, 15) is 31.1 Å². The Kier molecular flexibility index (Phi) is 5.30. The Labute approximate surface area is 98.7 Å². The number of halogens is 6. The van der Waals surface area contributed by atoms with Gasteiger partial charge in [0.05, 0.1) is 0 Å². The van der Waals surface area contributed by atoms with Gasteiger partial charge in [-0.3, -0.25) is 0 Å². The van der Waals surface area contributed by atoms with Crippen molar-refractivity contribution in [1.29, 1.82) is 0 Å². The third-order valence-electron chi connectivity index (χ3n) is 2.07. The lowest BCUT2D eigenvalue weighted by Gasteiger charge is -2.23. The van der Waals surface area contributed by atoms with E-state index < -0.39 is 49.8 Å². The van der Waals surface area contributed by atoms with Gasteiger partial charge < -0.3 is 9.84 Å². The highest BCUT2D eigenvalue weighted by Gasteiger charge is 2.47. The summed E-state index contributed by atoms with van der Waals surface area (Å²) in [6.07, 6.45) is -12.7. The lowest BCUT2D eigenvalue weighted by molar-refractivity contribution is -0.246. The molecule has 0 rings (SSSR count). The fraction of sp³-hybridized carbons (Fsp3) is 0.889. The van der Waals surface area contributed by atoms with Crippen molar-refractivity contribution in [2.45, 2.75) is 50.6 Å². The van der Waals surface area contributed by atoms with Crippen LogP contribution in [0.15, 0.2) is 0 Å². The van der Waals surface area contributed by atoms with Gasteiger partial charge in [0, 0.05) is 19.3 Å². The van der Waals surface area contributed by atoms with Crippen molar-refractivity contribution in [1.82, 2.24) is 0 Å². The third-order valence-corrected chi connectivity index (χ3v) is 2.07. The summed E-state index contributed by atoms with van der Waals surface area (Å²) in [6, 6.07) is 0. The third kappa shape index (κ3) is 7.23. The molecule has 0 unspecified atom stereocenters. The maximum Gasteiger partial charge on any atom is 0.510 e. The molecule has 0 aromatic rings. The fourth-order valence-corrected chi connectivity index (χ4v) is 1.10. The summed E-state index contributed by atoms with van der Waals surface area (Å²) in [5.41, 5.74) is 0. The van der Waals surface area contributed by atoms with E-state index >= 15 is 0 Å². The van der Waals surface area contributed by atoms with Gasteiger partial charge in [-0.15, -0.1) is 0 Å². The molecule has 0 bridgehead atoms. The maximum atomic E-state index is 13.0. The highest BCUT2D eigenvalue weighted by molar-refractivity contribution is 5.57. The van der Waals surface area contributed by atoms with E-state index in [1.54, 1.807) is 0 Å². The van der Waals surface area contributed by atoms with Gasteiger partial charge in [0.15, 0.2) is 0 Å². The van der Waals surface area contributed by atoms with Crippen LogP contribution in [0, 0.1) is 0 Å². The summed E-state index contributed by atoms with van der Waals surface area (Å²) in [5, 5.41) is 7.88. The van der Waals surface area contributed by atoms with Crippen molar-refractivity contribution >= 4 is 6.16 Å². The molecule has 0 saturated carbocycles. The summed E-state index contributed by atoms with van der Waals surface area (Å²) in [5.74, 6) is -7.51. The Balaban J connectivity index is 4.42. The number of hydrogen-bond acceptors (Lipinski definition) is 2. The number of hydrogen-bond donors (Lipinski definition) is 1. The van der Waals surface area contributed by atoms with Gasteiger partial charge in [-0.05, 0) is 0 Å². The fourth-order valence-electron chi connectivity index (χ4n) is 1.10. The van der Waals surface area contributed by atoms with Crippen molar-refractivity contribution in [3.05, 3.63) is 0 Å². The van der Waals surface area contributed by atoms with Crippen LogP contribution in [0.25, 0.3) is 0 Å². The van der Waals surface area contributed by atoms with Crippen LogP contribution in [0.2, 0.25) is 0 Å². The number of carbonyl (C=O) groups is 1. The smallest absolute Gasteiger partial charge is 0.450 e. The van der Waals surface area contributed by atoms with E-state index in [1.165, 1.54) is 0 Å². The van der Waals surface area contributed by atoms with E-state index in [0.29, 0.717) is 0 Å². The summed E-state index contributed by atoms with van der Waals surface area (Å²) < 4.78 is 79.4. The molecule has 0 amide bonds. The molecule has 0 aliphatic carbocycles. The Morgan fingerprint density at radius 1 is 1.06 bits per heavy atom. The van der Waals surface area contributed by atoms with Crippen LogP contribution >= 0.6 is 0 Å². The first-order valence-electron chi connectivity index (χ1n) is 4.94. The number of alkyl halides is 6. The Morgan fingerprint density at radius 2 is 1.50 bits per heavy atom. The molecule has 18 heavy (non-hydrogen) atoms. The van der Waals surface area contributed by atoms with E-state index in [1.807, 2.05) is 0 Å². The van der Waals surface area contributed by atoms with Crippen molar-refractivity contribution in [3.8, 4) is 0 Å².